The van der Waals surface area contributed by atoms with Crippen LogP contribution in [0, 0.1) is 5.92 Å². The number of nitrogens with zero attached hydrogens (tertiary/aromatic N) is 2. The fraction of sp³-hybridized carbons (Fsp3) is 0.688. The summed E-state index contributed by atoms with van der Waals surface area (Å²) in [6, 6.07) is 4.50. The van der Waals surface area contributed by atoms with Gasteiger partial charge in [-0.1, -0.05) is 6.42 Å². The van der Waals surface area contributed by atoms with Crippen molar-refractivity contribution in [1.29, 1.82) is 0 Å². The molecule has 0 aromatic carbocycles. The second kappa shape index (κ2) is 7.43. The maximum absolute atomic E-state index is 12.6. The molecule has 2 unspecified atom stereocenters. The van der Waals surface area contributed by atoms with Gasteiger partial charge in [0.15, 0.2) is 0 Å². The summed E-state index contributed by atoms with van der Waals surface area (Å²) in [5.74, 6) is 0.511. The van der Waals surface area contributed by atoms with Crippen molar-refractivity contribution in [3.63, 3.8) is 0 Å². The zero-order chi connectivity index (χ0) is 15.5. The van der Waals surface area contributed by atoms with Crippen molar-refractivity contribution in [3.8, 4) is 0 Å². The molecule has 1 saturated heterocycles. The van der Waals surface area contributed by atoms with Gasteiger partial charge in [-0.2, -0.15) is 0 Å². The molecule has 6 heteroatoms. The summed E-state index contributed by atoms with van der Waals surface area (Å²) in [7, 11) is 0. The molecule has 122 valence electrons. The van der Waals surface area contributed by atoms with E-state index in [1.807, 2.05) is 0 Å². The average Bonchev–Trinajstić information content (AvgIpc) is 2.92. The summed E-state index contributed by atoms with van der Waals surface area (Å²) in [4.78, 5) is 18.5. The number of piperazine rings is 1. The standard InChI is InChI=1S/C16H24BrN3OS/c17-15-5-4-14(22-15)11-19-6-8-20(9-7-19)16(21)12-2-1-3-13(18)10-12/h4-5,12-13H,1-3,6-11,18H2. The van der Waals surface area contributed by atoms with E-state index < -0.39 is 0 Å². The summed E-state index contributed by atoms with van der Waals surface area (Å²) in [6.07, 6.45) is 4.08. The minimum absolute atomic E-state index is 0.170. The summed E-state index contributed by atoms with van der Waals surface area (Å²) in [6.45, 7) is 4.65. The van der Waals surface area contributed by atoms with E-state index in [2.05, 4.69) is 37.9 Å². The van der Waals surface area contributed by atoms with E-state index in [4.69, 9.17) is 5.73 Å². The smallest absolute Gasteiger partial charge is 0.225 e. The zero-order valence-corrected chi connectivity index (χ0v) is 15.2. The molecule has 1 aliphatic carbocycles. The molecule has 2 heterocycles. The van der Waals surface area contributed by atoms with Crippen molar-refractivity contribution in [2.24, 2.45) is 11.7 Å². The van der Waals surface area contributed by atoms with Gasteiger partial charge < -0.3 is 10.6 Å². The van der Waals surface area contributed by atoms with E-state index in [9.17, 15) is 4.79 Å². The highest BCUT2D eigenvalue weighted by Gasteiger charge is 2.30. The topological polar surface area (TPSA) is 49.6 Å². The molecule has 2 fully saturated rings. The molecule has 22 heavy (non-hydrogen) atoms. The summed E-state index contributed by atoms with van der Waals surface area (Å²) in [5, 5.41) is 0. The maximum atomic E-state index is 12.6. The third-order valence-corrected chi connectivity index (χ3v) is 6.36. The maximum Gasteiger partial charge on any atom is 0.225 e. The highest BCUT2D eigenvalue weighted by atomic mass is 79.9. The number of nitrogens with two attached hydrogens (primary N) is 1. The Morgan fingerprint density at radius 3 is 2.68 bits per heavy atom. The summed E-state index contributed by atoms with van der Waals surface area (Å²) < 4.78 is 1.19. The predicted octanol–water partition coefficient (Wildman–Crippen LogP) is 2.67. The third kappa shape index (κ3) is 4.10. The second-order valence-electron chi connectivity index (χ2n) is 6.43. The van der Waals surface area contributed by atoms with Gasteiger partial charge in [-0.15, -0.1) is 11.3 Å². The monoisotopic (exact) mass is 385 g/mol. The quantitative estimate of drug-likeness (QED) is 0.869. The normalized spacial score (nSPS) is 27.1. The van der Waals surface area contributed by atoms with Crippen LogP contribution in [0.2, 0.25) is 0 Å². The van der Waals surface area contributed by atoms with E-state index in [1.165, 1.54) is 8.66 Å². The van der Waals surface area contributed by atoms with Crippen molar-refractivity contribution in [3.05, 3.63) is 20.8 Å². The van der Waals surface area contributed by atoms with Crippen LogP contribution in [0.3, 0.4) is 0 Å². The van der Waals surface area contributed by atoms with Gasteiger partial charge in [-0.25, -0.2) is 0 Å². The van der Waals surface area contributed by atoms with Crippen molar-refractivity contribution in [2.75, 3.05) is 26.2 Å². The lowest BCUT2D eigenvalue weighted by Gasteiger charge is -2.37. The SMILES string of the molecule is NC1CCCC(C(=O)N2CCN(Cc3ccc(Br)s3)CC2)C1. The molecule has 1 aromatic heterocycles. The molecule has 1 aromatic rings. The highest BCUT2D eigenvalue weighted by molar-refractivity contribution is 9.11. The first-order valence-electron chi connectivity index (χ1n) is 8.13. The van der Waals surface area contributed by atoms with Gasteiger partial charge in [-0.05, 0) is 47.3 Å². The Hall–Kier alpha value is -0.430. The Balaban J connectivity index is 1.47. The Kier molecular flexibility index (Phi) is 5.55. The first-order valence-corrected chi connectivity index (χ1v) is 9.73. The molecule has 2 atom stereocenters. The van der Waals surface area contributed by atoms with Crippen LogP contribution in [0.5, 0.6) is 0 Å². The number of carbonyl (C=O) groups excluding carboxylic acids is 1. The van der Waals surface area contributed by atoms with E-state index >= 15 is 0 Å². The van der Waals surface area contributed by atoms with E-state index in [0.29, 0.717) is 5.91 Å². The first kappa shape index (κ1) is 16.4. The van der Waals surface area contributed by atoms with Gasteiger partial charge in [-0.3, -0.25) is 9.69 Å². The largest absolute Gasteiger partial charge is 0.340 e. The summed E-state index contributed by atoms with van der Waals surface area (Å²) in [5.41, 5.74) is 6.02. The van der Waals surface area contributed by atoms with Crippen LogP contribution in [0.1, 0.15) is 30.6 Å². The number of thiophene rings is 1. The molecule has 1 aliphatic heterocycles. The number of halogens is 1. The van der Waals surface area contributed by atoms with Crippen LogP contribution < -0.4 is 5.73 Å². The molecule has 0 bridgehead atoms. The van der Waals surface area contributed by atoms with Gasteiger partial charge in [0.2, 0.25) is 5.91 Å². The molecular weight excluding hydrogens is 362 g/mol. The number of rotatable bonds is 3. The van der Waals surface area contributed by atoms with Gasteiger partial charge >= 0.3 is 0 Å². The van der Waals surface area contributed by atoms with Gasteiger partial charge in [0.25, 0.3) is 0 Å². The van der Waals surface area contributed by atoms with Crippen LogP contribution >= 0.6 is 27.3 Å². The Bertz CT molecular complexity index is 513. The van der Waals surface area contributed by atoms with Crippen molar-refractivity contribution >= 4 is 33.2 Å². The fourth-order valence-corrected chi connectivity index (χ4v) is 5.02. The third-order valence-electron chi connectivity index (χ3n) is 4.76. The van der Waals surface area contributed by atoms with Crippen LogP contribution in [-0.2, 0) is 11.3 Å². The highest BCUT2D eigenvalue weighted by Crippen LogP contribution is 2.26. The average molecular weight is 386 g/mol. The predicted molar refractivity (Wildman–Crippen MR) is 93.8 cm³/mol. The number of hydrogen-bond donors (Lipinski definition) is 1. The van der Waals surface area contributed by atoms with Gasteiger partial charge in [0.05, 0.1) is 3.79 Å². The summed E-state index contributed by atoms with van der Waals surface area (Å²) >= 11 is 5.30. The minimum Gasteiger partial charge on any atom is -0.340 e. The fourth-order valence-electron chi connectivity index (χ4n) is 3.49. The molecule has 0 spiro atoms. The van der Waals surface area contributed by atoms with Crippen LogP contribution in [0.25, 0.3) is 0 Å². The number of hydrogen-bond acceptors (Lipinski definition) is 4. The molecule has 2 N–H and O–H groups in total. The lowest BCUT2D eigenvalue weighted by molar-refractivity contribution is -0.138. The zero-order valence-electron chi connectivity index (χ0n) is 12.8. The lowest BCUT2D eigenvalue weighted by atomic mass is 9.85. The van der Waals surface area contributed by atoms with Crippen LogP contribution in [-0.4, -0.2) is 47.9 Å². The molecule has 0 radical (unpaired) electrons. The second-order valence-corrected chi connectivity index (χ2v) is 8.98. The Morgan fingerprint density at radius 2 is 2.05 bits per heavy atom. The molecule has 2 aliphatic rings. The molecule has 4 nitrogen and oxygen atoms in total. The van der Waals surface area contributed by atoms with Gasteiger partial charge in [0.1, 0.15) is 0 Å². The first-order chi connectivity index (χ1) is 10.6. The molecule has 3 rings (SSSR count). The Morgan fingerprint density at radius 1 is 1.27 bits per heavy atom. The molecule has 1 amide bonds. The van der Waals surface area contributed by atoms with E-state index in [1.54, 1.807) is 11.3 Å². The van der Waals surface area contributed by atoms with E-state index in [-0.39, 0.29) is 12.0 Å². The van der Waals surface area contributed by atoms with Crippen molar-refractivity contribution < 1.29 is 4.79 Å². The molecule has 1 saturated carbocycles. The van der Waals surface area contributed by atoms with Gasteiger partial charge in [0, 0.05) is 49.6 Å². The number of amides is 1. The van der Waals surface area contributed by atoms with Crippen LogP contribution in [0.15, 0.2) is 15.9 Å². The van der Waals surface area contributed by atoms with Crippen molar-refractivity contribution in [1.82, 2.24) is 9.80 Å². The van der Waals surface area contributed by atoms with E-state index in [0.717, 1.165) is 58.4 Å². The van der Waals surface area contributed by atoms with Crippen molar-refractivity contribution in [2.45, 2.75) is 38.3 Å². The minimum atomic E-state index is 0.170. The molecular formula is C16H24BrN3OS. The Labute approximate surface area is 144 Å². The van der Waals surface area contributed by atoms with Crippen LogP contribution in [0.4, 0.5) is 0 Å². The lowest BCUT2D eigenvalue weighted by Crippen LogP contribution is -2.50. The number of carbonyl (C=O) groups is 1.